The van der Waals surface area contributed by atoms with Crippen molar-refractivity contribution < 1.29 is 19.2 Å². The fourth-order valence-electron chi connectivity index (χ4n) is 2.14. The first-order chi connectivity index (χ1) is 10.9. The van der Waals surface area contributed by atoms with Gasteiger partial charge in [-0.3, -0.25) is 24.6 Å². The molecule has 124 valence electrons. The average molecular weight is 322 g/mol. The maximum atomic E-state index is 12.2. The summed E-state index contributed by atoms with van der Waals surface area (Å²) in [4.78, 5) is 37.3. The van der Waals surface area contributed by atoms with E-state index in [1.807, 2.05) is 0 Å². The summed E-state index contributed by atoms with van der Waals surface area (Å²) in [6.07, 6.45) is 0. The molecule has 0 atom stereocenters. The maximum Gasteiger partial charge on any atom is 0.271 e. The van der Waals surface area contributed by atoms with Gasteiger partial charge in [0.25, 0.3) is 11.6 Å². The Morgan fingerprint density at radius 3 is 2.91 bits per heavy atom. The lowest BCUT2D eigenvalue weighted by molar-refractivity contribution is -0.384. The number of carbonyl (C=O) groups is 2. The van der Waals surface area contributed by atoms with E-state index in [0.717, 1.165) is 0 Å². The van der Waals surface area contributed by atoms with Gasteiger partial charge in [-0.1, -0.05) is 0 Å². The summed E-state index contributed by atoms with van der Waals surface area (Å²) in [7, 11) is 3.41. The number of likely N-dealkylation sites (N-methyl/N-ethyl adjacent to an activating group) is 2. The number of fused-ring (bicyclic) bond motifs is 1. The van der Waals surface area contributed by atoms with Crippen molar-refractivity contribution >= 4 is 23.2 Å². The largest absolute Gasteiger partial charge is 0.482 e. The molecule has 1 aromatic rings. The molecule has 0 saturated heterocycles. The Balaban J connectivity index is 2.22. The lowest BCUT2D eigenvalue weighted by atomic mass is 10.2. The highest BCUT2D eigenvalue weighted by Gasteiger charge is 2.29. The van der Waals surface area contributed by atoms with E-state index in [1.165, 1.54) is 28.0 Å². The summed E-state index contributed by atoms with van der Waals surface area (Å²) in [5, 5.41) is 13.8. The molecule has 0 fully saturated rings. The second-order valence-corrected chi connectivity index (χ2v) is 5.10. The van der Waals surface area contributed by atoms with E-state index in [-0.39, 0.29) is 30.4 Å². The van der Waals surface area contributed by atoms with Crippen molar-refractivity contribution in [2.45, 2.75) is 0 Å². The zero-order valence-electron chi connectivity index (χ0n) is 12.9. The molecule has 9 nitrogen and oxygen atoms in total. The highest BCUT2D eigenvalue weighted by Crippen LogP contribution is 2.35. The van der Waals surface area contributed by atoms with Crippen LogP contribution in [0.5, 0.6) is 5.75 Å². The number of benzene rings is 1. The summed E-state index contributed by atoms with van der Waals surface area (Å²) in [6.45, 7) is 0.742. The minimum atomic E-state index is -0.557. The summed E-state index contributed by atoms with van der Waals surface area (Å²) in [5.74, 6) is -0.317. The molecule has 0 aromatic heterocycles. The highest BCUT2D eigenvalue weighted by atomic mass is 16.6. The van der Waals surface area contributed by atoms with Gasteiger partial charge < -0.3 is 15.0 Å². The smallest absolute Gasteiger partial charge is 0.271 e. The fraction of sp³-hybridized carbons (Fsp3) is 0.429. The molecular weight excluding hydrogens is 304 g/mol. The average Bonchev–Trinajstić information content (AvgIpc) is 2.54. The first-order valence-corrected chi connectivity index (χ1v) is 7.04. The van der Waals surface area contributed by atoms with Crippen LogP contribution in [0.15, 0.2) is 18.2 Å². The third-order valence-corrected chi connectivity index (χ3v) is 3.51. The minimum Gasteiger partial charge on any atom is -0.482 e. The van der Waals surface area contributed by atoms with Gasteiger partial charge in [0.2, 0.25) is 5.91 Å². The van der Waals surface area contributed by atoms with Crippen LogP contribution in [-0.4, -0.2) is 62.0 Å². The predicted octanol–water partition coefficient (Wildman–Crippen LogP) is -0.00200. The van der Waals surface area contributed by atoms with Gasteiger partial charge in [0, 0.05) is 32.3 Å². The van der Waals surface area contributed by atoms with Gasteiger partial charge in [0.1, 0.15) is 12.3 Å². The van der Waals surface area contributed by atoms with Crippen LogP contribution in [0.25, 0.3) is 0 Å². The first kappa shape index (κ1) is 16.7. The Bertz CT molecular complexity index is 634. The number of rotatable bonds is 6. The summed E-state index contributed by atoms with van der Waals surface area (Å²) in [5.41, 5.74) is 0.0776. The number of ether oxygens (including phenoxy) is 1. The van der Waals surface area contributed by atoms with Gasteiger partial charge in [0.15, 0.2) is 6.61 Å². The first-order valence-electron chi connectivity index (χ1n) is 7.04. The maximum absolute atomic E-state index is 12.2. The molecule has 2 amide bonds. The summed E-state index contributed by atoms with van der Waals surface area (Å²) < 4.78 is 5.26. The van der Waals surface area contributed by atoms with Crippen molar-refractivity contribution in [3.8, 4) is 5.75 Å². The molecule has 0 unspecified atom stereocenters. The van der Waals surface area contributed by atoms with E-state index in [1.54, 1.807) is 14.1 Å². The second kappa shape index (κ2) is 7.05. The molecular formula is C14H18N4O5. The monoisotopic (exact) mass is 322 g/mol. The van der Waals surface area contributed by atoms with Gasteiger partial charge >= 0.3 is 0 Å². The van der Waals surface area contributed by atoms with Crippen LogP contribution >= 0.6 is 0 Å². The minimum absolute atomic E-state index is 0.164. The molecule has 0 aliphatic carbocycles. The standard InChI is InChI=1S/C14H18N4O5/c1-15-5-6-16(2)13(19)8-17-11-7-10(18(21)22)3-4-12(11)23-9-14(17)20/h3-4,7,15H,5-6,8-9H2,1-2H3. The van der Waals surface area contributed by atoms with Crippen LogP contribution in [0.3, 0.4) is 0 Å². The Kier molecular flexibility index (Phi) is 5.12. The summed E-state index contributed by atoms with van der Waals surface area (Å²) in [6, 6.07) is 3.98. The molecule has 1 N–H and O–H groups in total. The second-order valence-electron chi connectivity index (χ2n) is 5.10. The molecule has 1 aliphatic heterocycles. The van der Waals surface area contributed by atoms with Crippen LogP contribution in [0, 0.1) is 10.1 Å². The van der Waals surface area contributed by atoms with Crippen LogP contribution in [0.4, 0.5) is 11.4 Å². The molecule has 0 bridgehead atoms. The third kappa shape index (κ3) is 3.75. The lowest BCUT2D eigenvalue weighted by Gasteiger charge is -2.30. The third-order valence-electron chi connectivity index (χ3n) is 3.51. The molecule has 0 spiro atoms. The number of nitrogens with zero attached hydrogens (tertiary/aromatic N) is 3. The van der Waals surface area contributed by atoms with Gasteiger partial charge in [-0.15, -0.1) is 0 Å². The zero-order valence-corrected chi connectivity index (χ0v) is 12.9. The Hall–Kier alpha value is -2.68. The molecule has 9 heteroatoms. The van der Waals surface area contributed by atoms with Crippen LogP contribution < -0.4 is 15.0 Å². The van der Waals surface area contributed by atoms with E-state index < -0.39 is 10.8 Å². The van der Waals surface area contributed by atoms with E-state index >= 15 is 0 Å². The van der Waals surface area contributed by atoms with Crippen molar-refractivity contribution in [3.63, 3.8) is 0 Å². The number of carbonyl (C=O) groups excluding carboxylic acids is 2. The lowest BCUT2D eigenvalue weighted by Crippen LogP contribution is -2.46. The van der Waals surface area contributed by atoms with Gasteiger partial charge in [-0.25, -0.2) is 0 Å². The van der Waals surface area contributed by atoms with Crippen LogP contribution in [-0.2, 0) is 9.59 Å². The number of non-ortho nitro benzene ring substituents is 1. The van der Waals surface area contributed by atoms with Crippen molar-refractivity contribution in [2.24, 2.45) is 0 Å². The summed E-state index contributed by atoms with van der Waals surface area (Å²) >= 11 is 0. The Morgan fingerprint density at radius 2 is 2.26 bits per heavy atom. The predicted molar refractivity (Wildman–Crippen MR) is 82.5 cm³/mol. The molecule has 23 heavy (non-hydrogen) atoms. The van der Waals surface area contributed by atoms with Crippen molar-refractivity contribution in [1.82, 2.24) is 10.2 Å². The topological polar surface area (TPSA) is 105 Å². The molecule has 2 rings (SSSR count). The van der Waals surface area contributed by atoms with Gasteiger partial charge in [0.05, 0.1) is 10.6 Å². The van der Waals surface area contributed by atoms with Crippen LogP contribution in [0.2, 0.25) is 0 Å². The Labute approximate surface area is 133 Å². The van der Waals surface area contributed by atoms with E-state index in [9.17, 15) is 19.7 Å². The van der Waals surface area contributed by atoms with E-state index in [0.29, 0.717) is 18.8 Å². The SMILES string of the molecule is CNCCN(C)C(=O)CN1C(=O)COc2ccc([N+](=O)[O-])cc21. The van der Waals surface area contributed by atoms with Gasteiger partial charge in [-0.05, 0) is 13.1 Å². The zero-order chi connectivity index (χ0) is 17.0. The van der Waals surface area contributed by atoms with Crippen molar-refractivity contribution in [3.05, 3.63) is 28.3 Å². The number of nitro groups is 1. The quantitative estimate of drug-likeness (QED) is 0.584. The number of anilines is 1. The number of hydrogen-bond acceptors (Lipinski definition) is 6. The molecule has 0 saturated carbocycles. The molecule has 0 radical (unpaired) electrons. The number of hydrogen-bond donors (Lipinski definition) is 1. The fourth-order valence-corrected chi connectivity index (χ4v) is 2.14. The van der Waals surface area contributed by atoms with Crippen molar-refractivity contribution in [2.75, 3.05) is 45.2 Å². The molecule has 1 aliphatic rings. The highest BCUT2D eigenvalue weighted by molar-refractivity contribution is 6.02. The van der Waals surface area contributed by atoms with E-state index in [2.05, 4.69) is 5.32 Å². The van der Waals surface area contributed by atoms with Crippen LogP contribution in [0.1, 0.15) is 0 Å². The Morgan fingerprint density at radius 1 is 1.52 bits per heavy atom. The number of nitro benzene ring substituents is 1. The normalized spacial score (nSPS) is 13.3. The van der Waals surface area contributed by atoms with Gasteiger partial charge in [-0.2, -0.15) is 0 Å². The molecule has 1 aromatic carbocycles. The number of nitrogens with one attached hydrogen (secondary N) is 1. The molecule has 1 heterocycles. The van der Waals surface area contributed by atoms with E-state index in [4.69, 9.17) is 4.74 Å². The number of amides is 2. The van der Waals surface area contributed by atoms with Crippen molar-refractivity contribution in [1.29, 1.82) is 0 Å².